The van der Waals surface area contributed by atoms with Gasteiger partial charge in [-0.2, -0.15) is 0 Å². The lowest BCUT2D eigenvalue weighted by molar-refractivity contribution is 0.102. The van der Waals surface area contributed by atoms with E-state index in [1.165, 1.54) is 40.3 Å². The maximum atomic E-state index is 13.3. The minimum absolute atomic E-state index is 0.00545. The summed E-state index contributed by atoms with van der Waals surface area (Å²) in [6.45, 7) is 1.69. The molecule has 0 aliphatic rings. The van der Waals surface area contributed by atoms with E-state index in [4.69, 9.17) is 11.6 Å². The summed E-state index contributed by atoms with van der Waals surface area (Å²) in [5.74, 6) is -1.36. The predicted molar refractivity (Wildman–Crippen MR) is 107 cm³/mol. The summed E-state index contributed by atoms with van der Waals surface area (Å²) in [7, 11) is 0. The molecule has 0 radical (unpaired) electrons. The molecule has 0 saturated carbocycles. The van der Waals surface area contributed by atoms with E-state index in [0.717, 1.165) is 0 Å². The van der Waals surface area contributed by atoms with Gasteiger partial charge in [0.15, 0.2) is 10.8 Å². The summed E-state index contributed by atoms with van der Waals surface area (Å²) in [5.41, 5.74) is 2.39. The van der Waals surface area contributed by atoms with Gasteiger partial charge in [-0.05, 0) is 49.4 Å². The van der Waals surface area contributed by atoms with Crippen LogP contribution in [0, 0.1) is 18.6 Å². The van der Waals surface area contributed by atoms with Crippen LogP contribution < -0.4 is 5.32 Å². The number of nitrogens with one attached hydrogen (secondary N) is 1. The van der Waals surface area contributed by atoms with Crippen LogP contribution in [0.25, 0.3) is 16.9 Å². The Morgan fingerprint density at radius 1 is 1.17 bits per heavy atom. The number of rotatable bonds is 4. The Labute approximate surface area is 172 Å². The third kappa shape index (κ3) is 3.87. The van der Waals surface area contributed by atoms with E-state index in [2.05, 4.69) is 20.6 Å². The second-order valence-corrected chi connectivity index (χ2v) is 7.30. The maximum Gasteiger partial charge on any atom is 0.279 e. The number of benzene rings is 2. The molecule has 0 spiro atoms. The van der Waals surface area contributed by atoms with Gasteiger partial charge in [0.1, 0.15) is 11.6 Å². The average molecular weight is 432 g/mol. The van der Waals surface area contributed by atoms with Crippen LogP contribution in [0.3, 0.4) is 0 Å². The fraction of sp³-hybridized carbons (Fsp3) is 0.0526. The molecule has 146 valence electrons. The molecule has 0 unspecified atom stereocenters. The topological polar surface area (TPSA) is 72.7 Å². The van der Waals surface area contributed by atoms with Gasteiger partial charge in [0.05, 0.1) is 22.1 Å². The van der Waals surface area contributed by atoms with Crippen molar-refractivity contribution in [3.63, 3.8) is 0 Å². The fourth-order valence-electron chi connectivity index (χ4n) is 2.64. The first-order valence-electron chi connectivity index (χ1n) is 8.33. The second-order valence-electron chi connectivity index (χ2n) is 6.03. The van der Waals surface area contributed by atoms with E-state index < -0.39 is 11.7 Å². The zero-order chi connectivity index (χ0) is 20.5. The van der Waals surface area contributed by atoms with Gasteiger partial charge in [0.2, 0.25) is 0 Å². The lowest BCUT2D eigenvalue weighted by Crippen LogP contribution is -2.14. The molecule has 2 aromatic heterocycles. The summed E-state index contributed by atoms with van der Waals surface area (Å²) in [5, 5.41) is 12.6. The van der Waals surface area contributed by atoms with Crippen molar-refractivity contribution in [2.24, 2.45) is 0 Å². The number of aromatic nitrogens is 4. The van der Waals surface area contributed by atoms with Crippen molar-refractivity contribution >= 4 is 34.0 Å². The van der Waals surface area contributed by atoms with E-state index in [-0.39, 0.29) is 16.5 Å². The van der Waals surface area contributed by atoms with Crippen molar-refractivity contribution in [1.29, 1.82) is 0 Å². The number of amides is 1. The zero-order valence-corrected chi connectivity index (χ0v) is 16.4. The zero-order valence-electron chi connectivity index (χ0n) is 14.9. The Kier molecular flexibility index (Phi) is 5.08. The van der Waals surface area contributed by atoms with Crippen LogP contribution in [-0.2, 0) is 0 Å². The number of thiazole rings is 1. The first kappa shape index (κ1) is 19.2. The Morgan fingerprint density at radius 2 is 1.93 bits per heavy atom. The molecular weight excluding hydrogens is 420 g/mol. The molecular formula is C19H12ClF2N5OS. The van der Waals surface area contributed by atoms with Crippen LogP contribution in [0.4, 0.5) is 13.9 Å². The van der Waals surface area contributed by atoms with Gasteiger partial charge in [-0.1, -0.05) is 16.8 Å². The molecule has 0 aliphatic carbocycles. The number of hydrogen-bond donors (Lipinski definition) is 1. The molecule has 0 fully saturated rings. The Morgan fingerprint density at radius 3 is 2.66 bits per heavy atom. The average Bonchev–Trinajstić information content (AvgIpc) is 3.31. The Hall–Kier alpha value is -3.17. The molecule has 4 rings (SSSR count). The van der Waals surface area contributed by atoms with Gasteiger partial charge < -0.3 is 0 Å². The first-order chi connectivity index (χ1) is 13.9. The molecule has 29 heavy (non-hydrogen) atoms. The number of nitrogens with zero attached hydrogens (tertiary/aromatic N) is 4. The van der Waals surface area contributed by atoms with Crippen molar-refractivity contribution in [3.8, 4) is 16.9 Å². The van der Waals surface area contributed by atoms with Crippen LogP contribution in [0.2, 0.25) is 5.02 Å². The minimum atomic E-state index is -0.515. The van der Waals surface area contributed by atoms with Crippen molar-refractivity contribution in [2.75, 3.05) is 5.32 Å². The third-order valence-corrected chi connectivity index (χ3v) is 5.17. The molecule has 1 N–H and O–H groups in total. The maximum absolute atomic E-state index is 13.3. The van der Waals surface area contributed by atoms with Gasteiger partial charge >= 0.3 is 0 Å². The van der Waals surface area contributed by atoms with E-state index in [1.807, 2.05) is 0 Å². The Bertz CT molecular complexity index is 1210. The van der Waals surface area contributed by atoms with Gasteiger partial charge in [0.25, 0.3) is 5.91 Å². The van der Waals surface area contributed by atoms with Gasteiger partial charge in [-0.3, -0.25) is 10.1 Å². The molecule has 0 bridgehead atoms. The number of carbonyl (C=O) groups excluding carboxylic acids is 1. The van der Waals surface area contributed by atoms with Crippen molar-refractivity contribution in [2.45, 2.75) is 6.92 Å². The highest BCUT2D eigenvalue weighted by molar-refractivity contribution is 7.14. The van der Waals surface area contributed by atoms with Crippen LogP contribution in [0.15, 0.2) is 47.8 Å². The monoisotopic (exact) mass is 431 g/mol. The predicted octanol–water partition coefficient (Wildman–Crippen LogP) is 4.88. The number of anilines is 1. The van der Waals surface area contributed by atoms with Gasteiger partial charge in [-0.15, -0.1) is 16.4 Å². The van der Waals surface area contributed by atoms with Crippen LogP contribution in [-0.4, -0.2) is 25.9 Å². The van der Waals surface area contributed by atoms with Crippen molar-refractivity contribution in [1.82, 2.24) is 20.0 Å². The van der Waals surface area contributed by atoms with Crippen molar-refractivity contribution in [3.05, 3.63) is 75.9 Å². The number of halogens is 3. The molecule has 2 heterocycles. The normalized spacial score (nSPS) is 10.9. The Balaban J connectivity index is 1.54. The third-order valence-electron chi connectivity index (χ3n) is 4.12. The molecule has 0 aliphatic heterocycles. The minimum Gasteiger partial charge on any atom is -0.296 e. The van der Waals surface area contributed by atoms with Gasteiger partial charge in [-0.25, -0.2) is 18.4 Å². The summed E-state index contributed by atoms with van der Waals surface area (Å²) in [6.07, 6.45) is 0. The largest absolute Gasteiger partial charge is 0.296 e. The van der Waals surface area contributed by atoms with E-state index in [0.29, 0.717) is 27.8 Å². The number of carbonyl (C=O) groups is 1. The lowest BCUT2D eigenvalue weighted by Gasteiger charge is -2.03. The number of hydrogen-bond acceptors (Lipinski definition) is 5. The highest BCUT2D eigenvalue weighted by Gasteiger charge is 2.19. The molecule has 2 aromatic carbocycles. The van der Waals surface area contributed by atoms with Crippen LogP contribution >= 0.6 is 22.9 Å². The molecule has 1 amide bonds. The van der Waals surface area contributed by atoms with Crippen molar-refractivity contribution < 1.29 is 13.6 Å². The van der Waals surface area contributed by atoms with Gasteiger partial charge in [0, 0.05) is 10.9 Å². The fourth-order valence-corrected chi connectivity index (χ4v) is 3.54. The molecule has 6 nitrogen and oxygen atoms in total. The van der Waals surface area contributed by atoms with Crippen LogP contribution in [0.5, 0.6) is 0 Å². The standard InChI is InChI=1S/C19H12ClF2N5OS/c1-10-17(25-26-27(10)13-5-3-12(21)4-6-13)18(28)24-19-23-16(9-29-19)11-2-7-15(22)14(20)8-11/h2-9H,1H3,(H,23,24,28). The molecule has 0 atom stereocenters. The van der Waals surface area contributed by atoms with E-state index >= 15 is 0 Å². The second kappa shape index (κ2) is 7.69. The first-order valence-corrected chi connectivity index (χ1v) is 9.58. The summed E-state index contributed by atoms with van der Waals surface area (Å²) in [6, 6.07) is 9.96. The highest BCUT2D eigenvalue weighted by Crippen LogP contribution is 2.28. The summed E-state index contributed by atoms with van der Waals surface area (Å²) in [4.78, 5) is 16.9. The summed E-state index contributed by atoms with van der Waals surface area (Å²) < 4.78 is 27.9. The van der Waals surface area contributed by atoms with E-state index in [1.54, 1.807) is 30.5 Å². The smallest absolute Gasteiger partial charge is 0.279 e. The molecule has 0 saturated heterocycles. The SMILES string of the molecule is Cc1c(C(=O)Nc2nc(-c3ccc(F)c(Cl)c3)cs2)nnn1-c1ccc(F)cc1. The lowest BCUT2D eigenvalue weighted by atomic mass is 10.2. The quantitative estimate of drug-likeness (QED) is 0.499. The molecule has 4 aromatic rings. The highest BCUT2D eigenvalue weighted by atomic mass is 35.5. The summed E-state index contributed by atoms with van der Waals surface area (Å²) >= 11 is 7.02. The molecule has 10 heteroatoms. The van der Waals surface area contributed by atoms with Crippen LogP contribution in [0.1, 0.15) is 16.2 Å². The van der Waals surface area contributed by atoms with E-state index in [9.17, 15) is 13.6 Å².